The first-order valence-corrected chi connectivity index (χ1v) is 5.75. The Bertz CT molecular complexity index is 683. The lowest BCUT2D eigenvalue weighted by atomic mass is 10.1. The van der Waals surface area contributed by atoms with Crippen LogP contribution in [0, 0.1) is 0 Å². The van der Waals surface area contributed by atoms with E-state index in [9.17, 15) is 18.0 Å². The van der Waals surface area contributed by atoms with Crippen LogP contribution in [0.3, 0.4) is 0 Å². The van der Waals surface area contributed by atoms with Crippen molar-refractivity contribution >= 4 is 11.7 Å². The SMILES string of the molecule is Nc1ccc(Oc2cccc(C(F)(F)F)c2)cc1C(=O)O. The Balaban J connectivity index is 2.31. The molecule has 0 saturated carbocycles. The summed E-state index contributed by atoms with van der Waals surface area (Å²) in [6.07, 6.45) is -4.48. The van der Waals surface area contributed by atoms with E-state index in [1.807, 2.05) is 0 Å². The van der Waals surface area contributed by atoms with Gasteiger partial charge in [0.1, 0.15) is 11.5 Å². The number of carboxylic acids is 1. The molecule has 21 heavy (non-hydrogen) atoms. The van der Waals surface area contributed by atoms with E-state index in [4.69, 9.17) is 15.6 Å². The summed E-state index contributed by atoms with van der Waals surface area (Å²) in [5, 5.41) is 8.92. The van der Waals surface area contributed by atoms with Gasteiger partial charge in [0.05, 0.1) is 11.1 Å². The fourth-order valence-corrected chi connectivity index (χ4v) is 1.66. The van der Waals surface area contributed by atoms with E-state index in [2.05, 4.69) is 0 Å². The van der Waals surface area contributed by atoms with E-state index in [-0.39, 0.29) is 22.7 Å². The zero-order chi connectivity index (χ0) is 15.6. The number of benzene rings is 2. The highest BCUT2D eigenvalue weighted by Gasteiger charge is 2.30. The summed E-state index contributed by atoms with van der Waals surface area (Å²) < 4.78 is 43.0. The third kappa shape index (κ3) is 3.44. The van der Waals surface area contributed by atoms with Gasteiger partial charge in [0.25, 0.3) is 0 Å². The van der Waals surface area contributed by atoms with E-state index in [0.717, 1.165) is 18.2 Å². The van der Waals surface area contributed by atoms with Gasteiger partial charge in [-0.15, -0.1) is 0 Å². The molecule has 0 atom stereocenters. The summed E-state index contributed by atoms with van der Waals surface area (Å²) in [4.78, 5) is 10.9. The molecule has 0 saturated heterocycles. The van der Waals surface area contributed by atoms with Crippen LogP contribution in [0.15, 0.2) is 42.5 Å². The van der Waals surface area contributed by atoms with Crippen molar-refractivity contribution in [3.63, 3.8) is 0 Å². The molecule has 2 rings (SSSR count). The molecule has 0 aromatic heterocycles. The largest absolute Gasteiger partial charge is 0.478 e. The minimum absolute atomic E-state index is 0.0406. The highest BCUT2D eigenvalue weighted by Crippen LogP contribution is 2.33. The van der Waals surface area contributed by atoms with Gasteiger partial charge < -0.3 is 15.6 Å². The van der Waals surface area contributed by atoms with Crippen molar-refractivity contribution in [3.8, 4) is 11.5 Å². The normalized spacial score (nSPS) is 11.2. The Morgan fingerprint density at radius 2 is 1.76 bits per heavy atom. The molecule has 0 amide bonds. The molecule has 0 aliphatic carbocycles. The molecule has 0 fully saturated rings. The second-order valence-electron chi connectivity index (χ2n) is 4.18. The van der Waals surface area contributed by atoms with Crippen molar-refractivity contribution in [2.75, 3.05) is 5.73 Å². The molecule has 110 valence electrons. The van der Waals surface area contributed by atoms with Gasteiger partial charge in [-0.3, -0.25) is 0 Å². The van der Waals surface area contributed by atoms with Crippen LogP contribution >= 0.6 is 0 Å². The van der Waals surface area contributed by atoms with Crippen LogP contribution in [0.2, 0.25) is 0 Å². The fraction of sp³-hybridized carbons (Fsp3) is 0.0714. The zero-order valence-electron chi connectivity index (χ0n) is 10.5. The predicted octanol–water partition coefficient (Wildman–Crippen LogP) is 3.78. The van der Waals surface area contributed by atoms with Gasteiger partial charge in [0.2, 0.25) is 0 Å². The average molecular weight is 297 g/mol. The van der Waals surface area contributed by atoms with E-state index in [0.29, 0.717) is 0 Å². The topological polar surface area (TPSA) is 72.5 Å². The zero-order valence-corrected chi connectivity index (χ0v) is 10.5. The number of carbonyl (C=O) groups is 1. The maximum atomic E-state index is 12.6. The molecule has 2 aromatic carbocycles. The van der Waals surface area contributed by atoms with Gasteiger partial charge in [-0.05, 0) is 36.4 Å². The van der Waals surface area contributed by atoms with Crippen LogP contribution in [0.25, 0.3) is 0 Å². The number of rotatable bonds is 3. The number of anilines is 1. The molecule has 3 N–H and O–H groups in total. The van der Waals surface area contributed by atoms with Crippen LogP contribution in [-0.2, 0) is 6.18 Å². The molecule has 0 spiro atoms. The maximum absolute atomic E-state index is 12.6. The third-order valence-electron chi connectivity index (χ3n) is 2.65. The summed E-state index contributed by atoms with van der Waals surface area (Å²) in [6.45, 7) is 0. The molecule has 4 nitrogen and oxygen atoms in total. The molecule has 0 radical (unpaired) electrons. The Morgan fingerprint density at radius 3 is 2.38 bits per heavy atom. The number of aromatic carboxylic acids is 1. The molecule has 0 aliphatic heterocycles. The maximum Gasteiger partial charge on any atom is 0.416 e. The summed E-state index contributed by atoms with van der Waals surface area (Å²) >= 11 is 0. The van der Waals surface area contributed by atoms with E-state index < -0.39 is 17.7 Å². The van der Waals surface area contributed by atoms with E-state index in [1.54, 1.807) is 0 Å². The number of hydrogen-bond donors (Lipinski definition) is 2. The number of alkyl halides is 3. The molecular weight excluding hydrogens is 287 g/mol. The average Bonchev–Trinajstić information content (AvgIpc) is 2.40. The molecule has 0 unspecified atom stereocenters. The standard InChI is InChI=1S/C14H10F3NO3/c15-14(16,17)8-2-1-3-9(6-8)21-10-4-5-12(18)11(7-10)13(19)20/h1-7H,18H2,(H,19,20). The minimum atomic E-state index is -4.48. The number of hydrogen-bond acceptors (Lipinski definition) is 3. The van der Waals surface area contributed by atoms with Gasteiger partial charge in [0.15, 0.2) is 0 Å². The summed E-state index contributed by atoms with van der Waals surface area (Å²) in [5.74, 6) is -1.21. The Hall–Kier alpha value is -2.70. The van der Waals surface area contributed by atoms with Gasteiger partial charge in [-0.1, -0.05) is 6.07 Å². The highest BCUT2D eigenvalue weighted by atomic mass is 19.4. The number of nitrogen functional groups attached to an aromatic ring is 1. The lowest BCUT2D eigenvalue weighted by Crippen LogP contribution is -2.05. The van der Waals surface area contributed by atoms with Gasteiger partial charge in [0, 0.05) is 5.69 Å². The Morgan fingerprint density at radius 1 is 1.10 bits per heavy atom. The molecular formula is C14H10F3NO3. The van der Waals surface area contributed by atoms with Crippen molar-refractivity contribution < 1.29 is 27.8 Å². The van der Waals surface area contributed by atoms with E-state index >= 15 is 0 Å². The van der Waals surface area contributed by atoms with Crippen molar-refractivity contribution in [1.82, 2.24) is 0 Å². The third-order valence-corrected chi connectivity index (χ3v) is 2.65. The Kier molecular flexibility index (Phi) is 3.75. The van der Waals surface area contributed by atoms with Crippen molar-refractivity contribution in [1.29, 1.82) is 0 Å². The van der Waals surface area contributed by atoms with Crippen molar-refractivity contribution in [2.45, 2.75) is 6.18 Å². The number of carboxylic acid groups (broad SMARTS) is 1. The molecule has 0 bridgehead atoms. The van der Waals surface area contributed by atoms with Crippen LogP contribution in [-0.4, -0.2) is 11.1 Å². The molecule has 0 aliphatic rings. The predicted molar refractivity (Wildman–Crippen MR) is 69.3 cm³/mol. The Labute approximate surface area is 117 Å². The first kappa shape index (κ1) is 14.7. The lowest BCUT2D eigenvalue weighted by Gasteiger charge is -2.11. The summed E-state index contributed by atoms with van der Waals surface area (Å²) in [6, 6.07) is 8.13. The second-order valence-corrected chi connectivity index (χ2v) is 4.18. The van der Waals surface area contributed by atoms with E-state index in [1.165, 1.54) is 24.3 Å². The highest BCUT2D eigenvalue weighted by molar-refractivity contribution is 5.94. The van der Waals surface area contributed by atoms with Crippen LogP contribution in [0.1, 0.15) is 15.9 Å². The van der Waals surface area contributed by atoms with Crippen molar-refractivity contribution in [3.05, 3.63) is 53.6 Å². The fourth-order valence-electron chi connectivity index (χ4n) is 1.66. The number of ether oxygens (including phenoxy) is 1. The lowest BCUT2D eigenvalue weighted by molar-refractivity contribution is -0.137. The van der Waals surface area contributed by atoms with Gasteiger partial charge in [-0.25, -0.2) is 4.79 Å². The molecule has 7 heteroatoms. The summed E-state index contributed by atoms with van der Waals surface area (Å²) in [5.41, 5.74) is 4.49. The van der Waals surface area contributed by atoms with Crippen LogP contribution in [0.4, 0.5) is 18.9 Å². The first-order valence-electron chi connectivity index (χ1n) is 5.75. The smallest absolute Gasteiger partial charge is 0.416 e. The number of halogens is 3. The minimum Gasteiger partial charge on any atom is -0.478 e. The second kappa shape index (κ2) is 5.35. The van der Waals surface area contributed by atoms with Crippen LogP contribution < -0.4 is 10.5 Å². The van der Waals surface area contributed by atoms with Gasteiger partial charge in [-0.2, -0.15) is 13.2 Å². The summed E-state index contributed by atoms with van der Waals surface area (Å²) in [7, 11) is 0. The van der Waals surface area contributed by atoms with Gasteiger partial charge >= 0.3 is 12.1 Å². The number of nitrogens with two attached hydrogens (primary N) is 1. The van der Waals surface area contributed by atoms with Crippen LogP contribution in [0.5, 0.6) is 11.5 Å². The molecule has 2 aromatic rings. The quantitative estimate of drug-likeness (QED) is 0.846. The first-order chi connectivity index (χ1) is 9.77. The van der Waals surface area contributed by atoms with Crippen molar-refractivity contribution in [2.24, 2.45) is 0 Å². The molecule has 0 heterocycles. The monoisotopic (exact) mass is 297 g/mol.